The first-order chi connectivity index (χ1) is 14.7. The average molecular weight is 422 g/mol. The molecule has 2 aliphatic rings. The van der Waals surface area contributed by atoms with Crippen LogP contribution in [0.25, 0.3) is 0 Å². The summed E-state index contributed by atoms with van der Waals surface area (Å²) < 4.78 is 0. The average Bonchev–Trinajstić information content (AvgIpc) is 2.76. The second-order valence-electron chi connectivity index (χ2n) is 7.83. The first-order valence-electron chi connectivity index (χ1n) is 10.5. The number of nitrogens with zero attached hydrogens (tertiary/aromatic N) is 1. The predicted molar refractivity (Wildman–Crippen MR) is 121 cm³/mol. The van der Waals surface area contributed by atoms with Crippen molar-refractivity contribution in [1.82, 2.24) is 10.2 Å². The topological polar surface area (TPSA) is 61.4 Å². The van der Waals surface area contributed by atoms with Gasteiger partial charge < -0.3 is 15.5 Å². The molecule has 2 heterocycles. The van der Waals surface area contributed by atoms with Crippen LogP contribution in [0.15, 0.2) is 70.5 Å². The Morgan fingerprint density at radius 3 is 2.63 bits per heavy atom. The maximum atomic E-state index is 12.3. The molecular weight excluding hydrogens is 394 g/mol. The smallest absolute Gasteiger partial charge is 0.262 e. The minimum absolute atomic E-state index is 0.217. The monoisotopic (exact) mass is 421 g/mol. The third kappa shape index (κ3) is 5.52. The molecule has 0 unspecified atom stereocenters. The van der Waals surface area contributed by atoms with E-state index in [9.17, 15) is 9.59 Å². The number of carbonyl (C=O) groups excluding carboxylic acids is 2. The highest BCUT2D eigenvalue weighted by Gasteiger charge is 2.22. The predicted octanol–water partition coefficient (Wildman–Crippen LogP) is 3.69. The number of likely N-dealkylation sites (tertiary alicyclic amines) is 1. The molecule has 1 fully saturated rings. The van der Waals surface area contributed by atoms with Crippen LogP contribution in [0, 0.1) is 5.92 Å². The lowest BCUT2D eigenvalue weighted by Gasteiger charge is -2.32. The number of para-hydroxylation sites is 1. The van der Waals surface area contributed by atoms with Crippen LogP contribution in [0.5, 0.6) is 0 Å². The van der Waals surface area contributed by atoms with E-state index >= 15 is 0 Å². The minimum Gasteiger partial charge on any atom is -0.351 e. The summed E-state index contributed by atoms with van der Waals surface area (Å²) in [7, 11) is 0. The third-order valence-electron chi connectivity index (χ3n) is 5.64. The highest BCUT2D eigenvalue weighted by molar-refractivity contribution is 8.04. The summed E-state index contributed by atoms with van der Waals surface area (Å²) >= 11 is 1.33. The van der Waals surface area contributed by atoms with E-state index < -0.39 is 0 Å². The van der Waals surface area contributed by atoms with E-state index in [0.717, 1.165) is 42.6 Å². The quantitative estimate of drug-likeness (QED) is 0.699. The Hall–Kier alpha value is -2.57. The van der Waals surface area contributed by atoms with Gasteiger partial charge in [0.2, 0.25) is 5.91 Å². The molecule has 0 saturated carbocycles. The lowest BCUT2D eigenvalue weighted by atomic mass is 9.90. The van der Waals surface area contributed by atoms with Gasteiger partial charge in [-0.1, -0.05) is 54.2 Å². The van der Waals surface area contributed by atoms with Crippen LogP contribution in [-0.4, -0.2) is 42.9 Å². The molecule has 0 bridgehead atoms. The molecule has 2 N–H and O–H groups in total. The summed E-state index contributed by atoms with van der Waals surface area (Å²) in [5, 5.41) is 5.75. The van der Waals surface area contributed by atoms with Crippen molar-refractivity contribution in [2.75, 3.05) is 31.5 Å². The molecule has 1 saturated heterocycles. The second-order valence-corrected chi connectivity index (χ2v) is 8.91. The Labute approximate surface area is 181 Å². The SMILES string of the molecule is O=C(/C=C1\Sc2ccccc2NC1=O)NCCN1CCC(Cc2ccccc2)CC1. The molecule has 5 nitrogen and oxygen atoms in total. The van der Waals surface area contributed by atoms with Gasteiger partial charge in [-0.3, -0.25) is 9.59 Å². The van der Waals surface area contributed by atoms with Crippen molar-refractivity contribution in [3.05, 3.63) is 71.1 Å². The van der Waals surface area contributed by atoms with Gasteiger partial charge in [0.05, 0.1) is 10.6 Å². The molecule has 4 rings (SSSR count). The molecule has 2 aliphatic heterocycles. The van der Waals surface area contributed by atoms with Gasteiger partial charge in [-0.15, -0.1) is 0 Å². The standard InChI is InChI=1S/C24H27N3O2S/c28-23(17-22-24(29)26-20-8-4-5-9-21(20)30-22)25-12-15-27-13-10-19(11-14-27)16-18-6-2-1-3-7-18/h1-9,17,19H,10-16H2,(H,25,28)(H,26,29)/b22-17-. The molecule has 2 amide bonds. The maximum Gasteiger partial charge on any atom is 0.262 e. The second kappa shape index (κ2) is 9.96. The molecule has 0 spiro atoms. The summed E-state index contributed by atoms with van der Waals surface area (Å²) in [5.74, 6) is 0.299. The van der Waals surface area contributed by atoms with Crippen molar-refractivity contribution in [2.45, 2.75) is 24.2 Å². The summed E-state index contributed by atoms with van der Waals surface area (Å²) in [4.78, 5) is 28.2. The zero-order chi connectivity index (χ0) is 20.8. The number of carbonyl (C=O) groups is 2. The number of rotatable bonds is 6. The number of anilines is 1. The molecular formula is C24H27N3O2S. The van der Waals surface area contributed by atoms with Crippen LogP contribution >= 0.6 is 11.8 Å². The molecule has 30 heavy (non-hydrogen) atoms. The lowest BCUT2D eigenvalue weighted by molar-refractivity contribution is -0.117. The van der Waals surface area contributed by atoms with Gasteiger partial charge in [0, 0.05) is 24.1 Å². The number of hydrogen-bond acceptors (Lipinski definition) is 4. The number of benzene rings is 2. The molecule has 6 heteroatoms. The van der Waals surface area contributed by atoms with E-state index in [4.69, 9.17) is 0 Å². The number of thioether (sulfide) groups is 1. The fourth-order valence-electron chi connectivity index (χ4n) is 3.97. The summed E-state index contributed by atoms with van der Waals surface area (Å²) in [5.41, 5.74) is 2.21. The highest BCUT2D eigenvalue weighted by Crippen LogP contribution is 2.37. The van der Waals surface area contributed by atoms with Crippen molar-refractivity contribution >= 4 is 29.3 Å². The highest BCUT2D eigenvalue weighted by atomic mass is 32.2. The van der Waals surface area contributed by atoms with Gasteiger partial charge in [-0.25, -0.2) is 0 Å². The van der Waals surface area contributed by atoms with Crippen molar-refractivity contribution in [3.63, 3.8) is 0 Å². The Morgan fingerprint density at radius 2 is 1.83 bits per heavy atom. The molecule has 2 aromatic carbocycles. The fraction of sp³-hybridized carbons (Fsp3) is 0.333. The Morgan fingerprint density at radius 1 is 1.10 bits per heavy atom. The summed E-state index contributed by atoms with van der Waals surface area (Å²) in [6.07, 6.45) is 4.95. The number of fused-ring (bicyclic) bond motifs is 1. The van der Waals surface area contributed by atoms with E-state index in [0.29, 0.717) is 11.4 Å². The van der Waals surface area contributed by atoms with E-state index in [2.05, 4.69) is 45.9 Å². The van der Waals surface area contributed by atoms with E-state index in [1.54, 1.807) is 0 Å². The number of piperidine rings is 1. The van der Waals surface area contributed by atoms with Crippen LogP contribution in [0.3, 0.4) is 0 Å². The van der Waals surface area contributed by atoms with Crippen LogP contribution in [0.1, 0.15) is 18.4 Å². The Balaban J connectivity index is 1.18. The van der Waals surface area contributed by atoms with Crippen LogP contribution in [0.2, 0.25) is 0 Å². The van der Waals surface area contributed by atoms with Gasteiger partial charge in [0.15, 0.2) is 0 Å². The Kier molecular flexibility index (Phi) is 6.87. The lowest BCUT2D eigenvalue weighted by Crippen LogP contribution is -2.39. The van der Waals surface area contributed by atoms with Gasteiger partial charge in [-0.05, 0) is 56.0 Å². The molecule has 0 aromatic heterocycles. The zero-order valence-corrected chi connectivity index (χ0v) is 17.8. The van der Waals surface area contributed by atoms with Crippen LogP contribution in [-0.2, 0) is 16.0 Å². The maximum absolute atomic E-state index is 12.3. The van der Waals surface area contributed by atoms with Gasteiger partial charge >= 0.3 is 0 Å². The van der Waals surface area contributed by atoms with E-state index in [-0.39, 0.29) is 11.8 Å². The third-order valence-corrected chi connectivity index (χ3v) is 6.74. The van der Waals surface area contributed by atoms with Gasteiger partial charge in [-0.2, -0.15) is 0 Å². The normalized spacial score (nSPS) is 18.7. The van der Waals surface area contributed by atoms with Crippen molar-refractivity contribution in [1.29, 1.82) is 0 Å². The first kappa shape index (κ1) is 20.7. The van der Waals surface area contributed by atoms with E-state index in [1.807, 2.05) is 24.3 Å². The van der Waals surface area contributed by atoms with Crippen molar-refractivity contribution in [3.8, 4) is 0 Å². The van der Waals surface area contributed by atoms with Crippen molar-refractivity contribution < 1.29 is 9.59 Å². The first-order valence-corrected chi connectivity index (χ1v) is 11.3. The largest absolute Gasteiger partial charge is 0.351 e. The number of hydrogen-bond donors (Lipinski definition) is 2. The zero-order valence-electron chi connectivity index (χ0n) is 17.0. The molecule has 156 valence electrons. The fourth-order valence-corrected chi connectivity index (χ4v) is 4.89. The van der Waals surface area contributed by atoms with Crippen molar-refractivity contribution in [2.24, 2.45) is 5.92 Å². The molecule has 0 radical (unpaired) electrons. The Bertz CT molecular complexity index is 921. The molecule has 0 aliphatic carbocycles. The van der Waals surface area contributed by atoms with Crippen LogP contribution < -0.4 is 10.6 Å². The molecule has 0 atom stereocenters. The number of nitrogens with one attached hydrogen (secondary N) is 2. The van der Waals surface area contributed by atoms with E-state index in [1.165, 1.54) is 36.2 Å². The van der Waals surface area contributed by atoms with Gasteiger partial charge in [0.25, 0.3) is 5.91 Å². The molecule has 2 aromatic rings. The van der Waals surface area contributed by atoms with Gasteiger partial charge in [0.1, 0.15) is 0 Å². The van der Waals surface area contributed by atoms with Crippen LogP contribution in [0.4, 0.5) is 5.69 Å². The minimum atomic E-state index is -0.227. The number of amides is 2. The summed E-state index contributed by atoms with van der Waals surface area (Å²) in [6.45, 7) is 3.58. The summed E-state index contributed by atoms with van der Waals surface area (Å²) in [6, 6.07) is 18.3.